The number of hydrogen-bond acceptors (Lipinski definition) is 3. The highest BCUT2D eigenvalue weighted by molar-refractivity contribution is 5.55. The van der Waals surface area contributed by atoms with Gasteiger partial charge in [-0.25, -0.2) is 0 Å². The van der Waals surface area contributed by atoms with Gasteiger partial charge in [0.15, 0.2) is 0 Å². The molecule has 1 aliphatic rings. The van der Waals surface area contributed by atoms with E-state index in [1.54, 1.807) is 0 Å². The molecule has 1 aromatic carbocycles. The molecule has 1 aromatic rings. The van der Waals surface area contributed by atoms with E-state index in [-0.39, 0.29) is 0 Å². The third kappa shape index (κ3) is 3.95. The summed E-state index contributed by atoms with van der Waals surface area (Å²) in [5.41, 5.74) is 4.07. The van der Waals surface area contributed by atoms with Gasteiger partial charge in [-0.05, 0) is 25.5 Å². The van der Waals surface area contributed by atoms with Crippen molar-refractivity contribution in [1.29, 1.82) is 0 Å². The average Bonchev–Trinajstić information content (AvgIpc) is 2.36. The molecule has 3 nitrogen and oxygen atoms in total. The van der Waals surface area contributed by atoms with Gasteiger partial charge in [-0.15, -0.1) is 0 Å². The van der Waals surface area contributed by atoms with E-state index in [1.807, 2.05) is 0 Å². The minimum atomic E-state index is 0.320. The minimum absolute atomic E-state index is 0.320. The number of rotatable bonds is 4. The zero-order chi connectivity index (χ0) is 13.8. The second-order valence-corrected chi connectivity index (χ2v) is 5.80. The van der Waals surface area contributed by atoms with Crippen molar-refractivity contribution in [3.8, 4) is 0 Å². The third-order valence-electron chi connectivity index (χ3n) is 3.52. The van der Waals surface area contributed by atoms with Crippen LogP contribution in [0.2, 0.25) is 0 Å². The van der Waals surface area contributed by atoms with Gasteiger partial charge in [-0.3, -0.25) is 0 Å². The van der Waals surface area contributed by atoms with Crippen molar-refractivity contribution in [2.24, 2.45) is 0 Å². The molecule has 1 aliphatic heterocycles. The van der Waals surface area contributed by atoms with Crippen molar-refractivity contribution in [2.45, 2.75) is 46.4 Å². The largest absolute Gasteiger partial charge is 0.375 e. The summed E-state index contributed by atoms with van der Waals surface area (Å²) in [5, 5.41) is 3.52. The van der Waals surface area contributed by atoms with Crippen LogP contribution in [0.4, 0.5) is 5.69 Å². The van der Waals surface area contributed by atoms with E-state index in [9.17, 15) is 0 Å². The summed E-state index contributed by atoms with van der Waals surface area (Å²) < 4.78 is 5.63. The Morgan fingerprint density at radius 3 is 2.89 bits per heavy atom. The molecular formula is C16H26N2O. The monoisotopic (exact) mass is 262 g/mol. The minimum Gasteiger partial charge on any atom is -0.375 e. The molecule has 1 heterocycles. The fourth-order valence-electron chi connectivity index (χ4n) is 2.52. The molecule has 0 aromatic heterocycles. The van der Waals surface area contributed by atoms with E-state index in [0.29, 0.717) is 12.1 Å². The Labute approximate surface area is 116 Å². The van der Waals surface area contributed by atoms with E-state index >= 15 is 0 Å². The van der Waals surface area contributed by atoms with E-state index in [0.717, 1.165) is 26.2 Å². The van der Waals surface area contributed by atoms with Crippen LogP contribution in [0.1, 0.15) is 31.9 Å². The molecule has 1 unspecified atom stereocenters. The molecule has 1 N–H and O–H groups in total. The van der Waals surface area contributed by atoms with Crippen LogP contribution in [-0.2, 0) is 11.3 Å². The number of hydrogen-bond donors (Lipinski definition) is 1. The van der Waals surface area contributed by atoms with Gasteiger partial charge in [0.25, 0.3) is 0 Å². The Hall–Kier alpha value is -1.06. The van der Waals surface area contributed by atoms with Crippen LogP contribution in [0.25, 0.3) is 0 Å². The first-order valence-electron chi connectivity index (χ1n) is 7.25. The maximum absolute atomic E-state index is 5.63. The van der Waals surface area contributed by atoms with E-state index in [2.05, 4.69) is 56.1 Å². The lowest BCUT2D eigenvalue weighted by Crippen LogP contribution is -2.41. The first kappa shape index (κ1) is 14.4. The Morgan fingerprint density at radius 1 is 1.42 bits per heavy atom. The van der Waals surface area contributed by atoms with E-state index < -0.39 is 0 Å². The van der Waals surface area contributed by atoms with Crippen LogP contribution in [0, 0.1) is 6.92 Å². The Morgan fingerprint density at radius 2 is 2.21 bits per heavy atom. The van der Waals surface area contributed by atoms with Gasteiger partial charge in [-0.1, -0.05) is 31.5 Å². The van der Waals surface area contributed by atoms with Gasteiger partial charge in [0.05, 0.1) is 12.7 Å². The zero-order valence-electron chi connectivity index (χ0n) is 12.6. The van der Waals surface area contributed by atoms with Crippen molar-refractivity contribution in [3.05, 3.63) is 29.3 Å². The molecule has 0 spiro atoms. The highest BCUT2D eigenvalue weighted by atomic mass is 16.5. The van der Waals surface area contributed by atoms with Crippen LogP contribution in [0.3, 0.4) is 0 Å². The second-order valence-electron chi connectivity index (χ2n) is 5.80. The quantitative estimate of drug-likeness (QED) is 0.903. The number of ether oxygens (including phenoxy) is 1. The van der Waals surface area contributed by atoms with Crippen molar-refractivity contribution >= 4 is 5.69 Å². The zero-order valence-corrected chi connectivity index (χ0v) is 12.6. The fraction of sp³-hybridized carbons (Fsp3) is 0.625. The molecule has 0 aliphatic carbocycles. The van der Waals surface area contributed by atoms with Gasteiger partial charge in [-0.2, -0.15) is 0 Å². The Balaban J connectivity index is 2.18. The highest BCUT2D eigenvalue weighted by Crippen LogP contribution is 2.24. The number of aryl methyl sites for hydroxylation is 1. The van der Waals surface area contributed by atoms with Crippen molar-refractivity contribution in [2.75, 3.05) is 24.6 Å². The number of anilines is 1. The molecule has 0 radical (unpaired) electrons. The molecule has 1 saturated heterocycles. The first-order valence-corrected chi connectivity index (χ1v) is 7.25. The highest BCUT2D eigenvalue weighted by Gasteiger charge is 2.19. The number of nitrogens with zero attached hydrogens (tertiary/aromatic N) is 1. The molecular weight excluding hydrogens is 236 g/mol. The molecule has 106 valence electrons. The number of benzene rings is 1. The number of nitrogens with one attached hydrogen (secondary N) is 1. The average molecular weight is 262 g/mol. The summed E-state index contributed by atoms with van der Waals surface area (Å²) in [6, 6.07) is 7.26. The van der Waals surface area contributed by atoms with Crippen LogP contribution in [0.5, 0.6) is 0 Å². The molecule has 0 bridgehead atoms. The van der Waals surface area contributed by atoms with Crippen molar-refractivity contribution in [3.63, 3.8) is 0 Å². The lowest BCUT2D eigenvalue weighted by Gasteiger charge is -2.34. The maximum Gasteiger partial charge on any atom is 0.0722 e. The predicted molar refractivity (Wildman–Crippen MR) is 80.8 cm³/mol. The van der Waals surface area contributed by atoms with Crippen LogP contribution >= 0.6 is 0 Å². The Bertz CT molecular complexity index is 417. The van der Waals surface area contributed by atoms with Gasteiger partial charge in [0.1, 0.15) is 0 Å². The predicted octanol–water partition coefficient (Wildman–Crippen LogP) is 2.72. The summed E-state index contributed by atoms with van der Waals surface area (Å²) in [4.78, 5) is 2.45. The fourth-order valence-corrected chi connectivity index (χ4v) is 2.52. The molecule has 2 rings (SSSR count). The third-order valence-corrected chi connectivity index (χ3v) is 3.52. The lowest BCUT2D eigenvalue weighted by atomic mass is 10.1. The summed E-state index contributed by atoms with van der Waals surface area (Å²) in [5.74, 6) is 0. The number of morpholine rings is 1. The summed E-state index contributed by atoms with van der Waals surface area (Å²) >= 11 is 0. The van der Waals surface area contributed by atoms with Crippen LogP contribution < -0.4 is 10.2 Å². The van der Waals surface area contributed by atoms with E-state index in [1.165, 1.54) is 16.8 Å². The topological polar surface area (TPSA) is 24.5 Å². The standard InChI is InChI=1S/C16H26N2O/c1-12(2)17-10-15-9-13(3)5-6-16(15)18-7-8-19-14(4)11-18/h5-6,9,12,14,17H,7-8,10-11H2,1-4H3. The lowest BCUT2D eigenvalue weighted by molar-refractivity contribution is 0.0531. The summed E-state index contributed by atoms with van der Waals surface area (Å²) in [6.45, 7) is 12.4. The van der Waals surface area contributed by atoms with Gasteiger partial charge < -0.3 is 15.0 Å². The van der Waals surface area contributed by atoms with Crippen molar-refractivity contribution < 1.29 is 4.74 Å². The van der Waals surface area contributed by atoms with Crippen LogP contribution in [-0.4, -0.2) is 31.8 Å². The Kier molecular flexibility index (Phi) is 4.83. The molecule has 1 atom stereocenters. The molecule has 0 saturated carbocycles. The molecule has 0 amide bonds. The van der Waals surface area contributed by atoms with Gasteiger partial charge >= 0.3 is 0 Å². The van der Waals surface area contributed by atoms with E-state index in [4.69, 9.17) is 4.74 Å². The second kappa shape index (κ2) is 6.40. The summed E-state index contributed by atoms with van der Waals surface area (Å²) in [7, 11) is 0. The summed E-state index contributed by atoms with van der Waals surface area (Å²) in [6.07, 6.45) is 0.320. The van der Waals surface area contributed by atoms with Crippen LogP contribution in [0.15, 0.2) is 18.2 Å². The molecule has 3 heteroatoms. The maximum atomic E-state index is 5.63. The molecule has 19 heavy (non-hydrogen) atoms. The van der Waals surface area contributed by atoms with Gasteiger partial charge in [0, 0.05) is 31.4 Å². The first-order chi connectivity index (χ1) is 9.06. The van der Waals surface area contributed by atoms with Gasteiger partial charge in [0.2, 0.25) is 0 Å². The smallest absolute Gasteiger partial charge is 0.0722 e. The SMILES string of the molecule is Cc1ccc(N2CCOC(C)C2)c(CNC(C)C)c1. The normalized spacial score (nSPS) is 20.1. The van der Waals surface area contributed by atoms with Crippen molar-refractivity contribution in [1.82, 2.24) is 5.32 Å². The molecule has 1 fully saturated rings.